The van der Waals surface area contributed by atoms with E-state index in [9.17, 15) is 4.79 Å². The number of rotatable bonds is 6. The molecule has 0 saturated carbocycles. The summed E-state index contributed by atoms with van der Waals surface area (Å²) in [5.41, 5.74) is 1.02. The Bertz CT molecular complexity index is 879. The van der Waals surface area contributed by atoms with Crippen molar-refractivity contribution in [2.45, 2.75) is 11.9 Å². The Hall–Kier alpha value is -2.25. The molecular weight excluding hydrogens is 368 g/mol. The molecule has 0 radical (unpaired) electrons. The zero-order chi connectivity index (χ0) is 17.8. The number of nitrogens with one attached hydrogen (secondary N) is 1. The summed E-state index contributed by atoms with van der Waals surface area (Å²) >= 11 is 3.25. The second-order valence-corrected chi connectivity index (χ2v) is 7.97. The molecule has 2 aromatic carbocycles. The fraction of sp³-hybridized carbons (Fsp3) is 0.263. The second kappa shape index (κ2) is 7.97. The lowest BCUT2D eigenvalue weighted by Crippen LogP contribution is -2.41. The van der Waals surface area contributed by atoms with E-state index < -0.39 is 0 Å². The minimum Gasteiger partial charge on any atom is -0.486 e. The van der Waals surface area contributed by atoms with Crippen molar-refractivity contribution in [3.05, 3.63) is 53.5 Å². The van der Waals surface area contributed by atoms with Crippen LogP contribution in [0.25, 0.3) is 10.2 Å². The molecule has 7 heteroatoms. The molecule has 134 valence electrons. The van der Waals surface area contributed by atoms with Crippen LogP contribution in [-0.2, 0) is 10.5 Å². The Balaban J connectivity index is 1.20. The van der Waals surface area contributed by atoms with Crippen molar-refractivity contribution in [2.24, 2.45) is 0 Å². The number of amides is 1. The molecule has 1 aromatic heterocycles. The number of carbonyl (C=O) groups excluding carboxylic acids is 1. The van der Waals surface area contributed by atoms with Gasteiger partial charge in [-0.05, 0) is 24.3 Å². The molecule has 5 nitrogen and oxygen atoms in total. The van der Waals surface area contributed by atoms with Crippen molar-refractivity contribution < 1.29 is 14.3 Å². The van der Waals surface area contributed by atoms with Crippen LogP contribution in [0.2, 0.25) is 0 Å². The lowest BCUT2D eigenvalue weighted by molar-refractivity contribution is -0.119. The molecule has 0 spiro atoms. The molecule has 0 bridgehead atoms. The fourth-order valence-electron chi connectivity index (χ4n) is 2.66. The number of thiazole rings is 1. The van der Waals surface area contributed by atoms with Crippen LogP contribution in [-0.4, -0.2) is 35.9 Å². The quantitative estimate of drug-likeness (QED) is 0.703. The van der Waals surface area contributed by atoms with Gasteiger partial charge >= 0.3 is 0 Å². The van der Waals surface area contributed by atoms with Crippen LogP contribution in [0, 0.1) is 0 Å². The Morgan fingerprint density at radius 3 is 2.88 bits per heavy atom. The molecule has 0 fully saturated rings. The summed E-state index contributed by atoms with van der Waals surface area (Å²) in [7, 11) is 0. The van der Waals surface area contributed by atoms with Crippen LogP contribution in [0.3, 0.4) is 0 Å². The van der Waals surface area contributed by atoms with Crippen LogP contribution < -0.4 is 14.8 Å². The standard InChI is InChI=1S/C19H18N2O3S2/c22-18(11-25-12-19-21-14-5-1-4-8-17(14)26-19)20-9-13-10-23-15-6-2-3-7-16(15)24-13/h1-8,13H,9-12H2,(H,20,22). The minimum atomic E-state index is -0.164. The first-order chi connectivity index (χ1) is 12.8. The summed E-state index contributed by atoms with van der Waals surface area (Å²) in [6, 6.07) is 15.6. The van der Waals surface area contributed by atoms with Gasteiger partial charge in [0, 0.05) is 5.75 Å². The van der Waals surface area contributed by atoms with E-state index in [1.54, 1.807) is 23.1 Å². The number of hydrogen-bond donors (Lipinski definition) is 1. The Labute approximate surface area is 159 Å². The fourth-order valence-corrected chi connectivity index (χ4v) is 4.53. The summed E-state index contributed by atoms with van der Waals surface area (Å²) in [6.45, 7) is 0.880. The van der Waals surface area contributed by atoms with Crippen molar-refractivity contribution in [2.75, 3.05) is 18.9 Å². The molecule has 0 aliphatic carbocycles. The summed E-state index contributed by atoms with van der Waals surface area (Å²) in [5.74, 6) is 2.62. The predicted octanol–water partition coefficient (Wildman–Crippen LogP) is 3.49. The molecule has 1 aliphatic rings. The Morgan fingerprint density at radius 1 is 1.19 bits per heavy atom. The predicted molar refractivity (Wildman–Crippen MR) is 105 cm³/mol. The topological polar surface area (TPSA) is 60.5 Å². The zero-order valence-electron chi connectivity index (χ0n) is 14.0. The van der Waals surface area contributed by atoms with Gasteiger partial charge < -0.3 is 14.8 Å². The molecular formula is C19H18N2O3S2. The number of nitrogens with zero attached hydrogens (tertiary/aromatic N) is 1. The highest BCUT2D eigenvalue weighted by atomic mass is 32.2. The number of aromatic nitrogens is 1. The third kappa shape index (κ3) is 4.11. The number of para-hydroxylation sites is 3. The van der Waals surface area contributed by atoms with E-state index in [4.69, 9.17) is 9.47 Å². The van der Waals surface area contributed by atoms with Crippen molar-refractivity contribution in [1.82, 2.24) is 10.3 Å². The number of ether oxygens (including phenoxy) is 2. The molecule has 0 saturated heterocycles. The average Bonchev–Trinajstić information content (AvgIpc) is 3.09. The van der Waals surface area contributed by atoms with Crippen molar-refractivity contribution in [1.29, 1.82) is 0 Å². The van der Waals surface area contributed by atoms with Gasteiger partial charge in [0.1, 0.15) is 17.7 Å². The first-order valence-electron chi connectivity index (χ1n) is 8.35. The second-order valence-electron chi connectivity index (χ2n) is 5.87. The van der Waals surface area contributed by atoms with Crippen LogP contribution in [0.5, 0.6) is 11.5 Å². The monoisotopic (exact) mass is 386 g/mol. The Morgan fingerprint density at radius 2 is 2.00 bits per heavy atom. The molecule has 26 heavy (non-hydrogen) atoms. The number of hydrogen-bond acceptors (Lipinski definition) is 6. The molecule has 4 rings (SSSR count). The molecule has 1 N–H and O–H groups in total. The minimum absolute atomic E-state index is 0.00132. The number of carbonyl (C=O) groups is 1. The highest BCUT2D eigenvalue weighted by molar-refractivity contribution is 7.99. The van der Waals surface area contributed by atoms with Gasteiger partial charge in [0.2, 0.25) is 5.91 Å². The van der Waals surface area contributed by atoms with Gasteiger partial charge in [-0.3, -0.25) is 4.79 Å². The van der Waals surface area contributed by atoms with Gasteiger partial charge in [0.25, 0.3) is 0 Å². The van der Waals surface area contributed by atoms with E-state index in [1.165, 1.54) is 4.70 Å². The number of benzene rings is 2. The molecule has 1 unspecified atom stereocenters. The van der Waals surface area contributed by atoms with E-state index in [0.717, 1.165) is 27.8 Å². The van der Waals surface area contributed by atoms with E-state index in [0.29, 0.717) is 18.9 Å². The summed E-state index contributed by atoms with van der Waals surface area (Å²) < 4.78 is 12.7. The number of thioether (sulfide) groups is 1. The summed E-state index contributed by atoms with van der Waals surface area (Å²) in [5, 5.41) is 3.96. The van der Waals surface area contributed by atoms with Gasteiger partial charge in [-0.15, -0.1) is 23.1 Å². The molecule has 2 heterocycles. The molecule has 3 aromatic rings. The highest BCUT2D eigenvalue weighted by Crippen LogP contribution is 2.30. The summed E-state index contributed by atoms with van der Waals surface area (Å²) in [6.07, 6.45) is -0.164. The third-order valence-electron chi connectivity index (χ3n) is 3.89. The Kier molecular flexibility index (Phi) is 5.26. The summed E-state index contributed by atoms with van der Waals surface area (Å²) in [4.78, 5) is 16.6. The first-order valence-corrected chi connectivity index (χ1v) is 10.3. The lowest BCUT2D eigenvalue weighted by atomic mass is 10.2. The van der Waals surface area contributed by atoms with E-state index in [-0.39, 0.29) is 12.0 Å². The van der Waals surface area contributed by atoms with Crippen LogP contribution in [0.1, 0.15) is 5.01 Å². The maximum absolute atomic E-state index is 12.0. The van der Waals surface area contributed by atoms with Gasteiger partial charge in [0.05, 0.1) is 22.5 Å². The van der Waals surface area contributed by atoms with Crippen molar-refractivity contribution in [3.63, 3.8) is 0 Å². The van der Waals surface area contributed by atoms with Crippen LogP contribution >= 0.6 is 23.1 Å². The van der Waals surface area contributed by atoms with Crippen LogP contribution in [0.15, 0.2) is 48.5 Å². The third-order valence-corrected chi connectivity index (χ3v) is 6.05. The van der Waals surface area contributed by atoms with Crippen molar-refractivity contribution >= 4 is 39.2 Å². The van der Waals surface area contributed by atoms with Crippen molar-refractivity contribution in [3.8, 4) is 11.5 Å². The van der Waals surface area contributed by atoms with Crippen LogP contribution in [0.4, 0.5) is 0 Å². The highest BCUT2D eigenvalue weighted by Gasteiger charge is 2.20. The molecule has 1 atom stereocenters. The maximum atomic E-state index is 12.0. The average molecular weight is 386 g/mol. The normalized spacial score (nSPS) is 15.8. The number of fused-ring (bicyclic) bond motifs is 2. The van der Waals surface area contributed by atoms with Gasteiger partial charge in [-0.25, -0.2) is 4.98 Å². The maximum Gasteiger partial charge on any atom is 0.230 e. The SMILES string of the molecule is O=C(CSCc1nc2ccccc2s1)NCC1COc2ccccc2O1. The largest absolute Gasteiger partial charge is 0.486 e. The van der Waals surface area contributed by atoms with Gasteiger partial charge in [-0.1, -0.05) is 24.3 Å². The van der Waals surface area contributed by atoms with Gasteiger partial charge in [-0.2, -0.15) is 0 Å². The first kappa shape index (κ1) is 17.2. The van der Waals surface area contributed by atoms with Gasteiger partial charge in [0.15, 0.2) is 11.5 Å². The van der Waals surface area contributed by atoms with E-state index in [2.05, 4.69) is 16.4 Å². The molecule has 1 aliphatic heterocycles. The van der Waals surface area contributed by atoms with E-state index >= 15 is 0 Å². The van der Waals surface area contributed by atoms with E-state index in [1.807, 2.05) is 42.5 Å². The lowest BCUT2D eigenvalue weighted by Gasteiger charge is -2.26. The zero-order valence-corrected chi connectivity index (χ0v) is 15.6. The molecule has 1 amide bonds. The smallest absolute Gasteiger partial charge is 0.230 e.